The summed E-state index contributed by atoms with van der Waals surface area (Å²) >= 11 is 0. The molecule has 4 heteroatoms. The first kappa shape index (κ1) is 15.1. The Kier molecular flexibility index (Phi) is 3.40. The number of hydrogen-bond acceptors (Lipinski definition) is 4. The van der Waals surface area contributed by atoms with Crippen LogP contribution in [0.15, 0.2) is 24.3 Å². The van der Waals surface area contributed by atoms with E-state index in [9.17, 15) is 4.79 Å². The fraction of sp³-hybridized carbons (Fsp3) is 0.476. The number of carbonyl (C=O) groups excluding carboxylic acids is 1. The van der Waals surface area contributed by atoms with Gasteiger partial charge >= 0.3 is 0 Å². The van der Waals surface area contributed by atoms with Gasteiger partial charge in [0.15, 0.2) is 5.78 Å². The Labute approximate surface area is 148 Å². The molecule has 0 radical (unpaired) electrons. The molecule has 0 amide bonds. The van der Waals surface area contributed by atoms with Gasteiger partial charge in [0.2, 0.25) is 0 Å². The van der Waals surface area contributed by atoms with Gasteiger partial charge in [0.1, 0.15) is 5.69 Å². The van der Waals surface area contributed by atoms with Crippen LogP contribution in [-0.4, -0.2) is 22.3 Å². The zero-order valence-corrected chi connectivity index (χ0v) is 14.7. The second kappa shape index (κ2) is 5.65. The summed E-state index contributed by atoms with van der Waals surface area (Å²) in [5.74, 6) is 1.37. The second-order valence-electron chi connectivity index (χ2n) is 7.70. The van der Waals surface area contributed by atoms with Crippen LogP contribution in [0, 0.1) is 0 Å². The molecule has 0 atom stereocenters. The summed E-state index contributed by atoms with van der Waals surface area (Å²) < 4.78 is 0. The molecule has 25 heavy (non-hydrogen) atoms. The van der Waals surface area contributed by atoms with Crippen LogP contribution >= 0.6 is 0 Å². The van der Waals surface area contributed by atoms with Crippen molar-refractivity contribution < 1.29 is 4.79 Å². The number of Topliss-reactive ketones (excluding diaryl/α,β-unsaturated/α-hetero) is 1. The molecule has 4 nitrogen and oxygen atoms in total. The van der Waals surface area contributed by atoms with Gasteiger partial charge in [-0.3, -0.25) is 9.78 Å². The summed E-state index contributed by atoms with van der Waals surface area (Å²) in [5, 5.41) is 0. The molecule has 2 fully saturated rings. The van der Waals surface area contributed by atoms with Crippen LogP contribution in [0.5, 0.6) is 0 Å². The SMILES string of the molecule is CC(=O)c1ccc2c(n1)CCCN2c1cc(C2CC2)nc(C2CC2)c1. The lowest BCUT2D eigenvalue weighted by molar-refractivity contribution is 0.101. The van der Waals surface area contributed by atoms with Gasteiger partial charge in [-0.2, -0.15) is 0 Å². The van der Waals surface area contributed by atoms with Crippen molar-refractivity contribution in [2.75, 3.05) is 11.4 Å². The van der Waals surface area contributed by atoms with Crippen molar-refractivity contribution in [3.8, 4) is 0 Å². The van der Waals surface area contributed by atoms with E-state index in [2.05, 4.69) is 28.1 Å². The molecule has 0 aromatic carbocycles. The Morgan fingerprint density at radius 3 is 2.32 bits per heavy atom. The first-order chi connectivity index (χ1) is 12.2. The van der Waals surface area contributed by atoms with Crippen molar-refractivity contribution in [1.29, 1.82) is 0 Å². The third-order valence-electron chi connectivity index (χ3n) is 5.55. The summed E-state index contributed by atoms with van der Waals surface area (Å²) in [4.78, 5) is 23.6. The minimum atomic E-state index is 0.0378. The summed E-state index contributed by atoms with van der Waals surface area (Å²) in [6.07, 6.45) is 7.13. The first-order valence-electron chi connectivity index (χ1n) is 9.49. The molecule has 3 heterocycles. The Morgan fingerprint density at radius 2 is 1.72 bits per heavy atom. The molecule has 2 aromatic heterocycles. The van der Waals surface area contributed by atoms with Gasteiger partial charge in [0.25, 0.3) is 0 Å². The monoisotopic (exact) mass is 333 g/mol. The predicted octanol–water partition coefficient (Wildman–Crippen LogP) is 4.52. The van der Waals surface area contributed by atoms with E-state index in [1.54, 1.807) is 6.92 Å². The van der Waals surface area contributed by atoms with Crippen molar-refractivity contribution in [1.82, 2.24) is 9.97 Å². The maximum Gasteiger partial charge on any atom is 0.178 e. The molecule has 0 bridgehead atoms. The van der Waals surface area contributed by atoms with E-state index in [1.807, 2.05) is 6.07 Å². The minimum absolute atomic E-state index is 0.0378. The van der Waals surface area contributed by atoms with Crippen LogP contribution in [0.1, 0.15) is 78.4 Å². The van der Waals surface area contributed by atoms with Crippen LogP contribution in [0.4, 0.5) is 11.4 Å². The number of anilines is 2. The van der Waals surface area contributed by atoms with Crippen LogP contribution < -0.4 is 4.90 Å². The van der Waals surface area contributed by atoms with Crippen molar-refractivity contribution in [2.45, 2.75) is 57.3 Å². The quantitative estimate of drug-likeness (QED) is 0.772. The fourth-order valence-electron chi connectivity index (χ4n) is 3.80. The fourth-order valence-corrected chi connectivity index (χ4v) is 3.80. The highest BCUT2D eigenvalue weighted by Gasteiger charge is 2.31. The van der Waals surface area contributed by atoms with Gasteiger partial charge in [-0.15, -0.1) is 0 Å². The topological polar surface area (TPSA) is 46.1 Å². The Morgan fingerprint density at radius 1 is 1.04 bits per heavy atom. The number of fused-ring (bicyclic) bond motifs is 1. The number of nitrogens with zero attached hydrogens (tertiary/aromatic N) is 3. The summed E-state index contributed by atoms with van der Waals surface area (Å²) in [7, 11) is 0. The number of carbonyl (C=O) groups is 1. The summed E-state index contributed by atoms with van der Waals surface area (Å²) in [6.45, 7) is 2.59. The molecule has 0 saturated heterocycles. The molecule has 0 unspecified atom stereocenters. The molecule has 3 aliphatic rings. The normalized spacial score (nSPS) is 19.6. The van der Waals surface area contributed by atoms with Crippen molar-refractivity contribution in [2.24, 2.45) is 0 Å². The number of rotatable bonds is 4. The third kappa shape index (κ3) is 2.84. The molecule has 2 aromatic rings. The number of ketones is 1. The van der Waals surface area contributed by atoms with Crippen molar-refractivity contribution >= 4 is 17.2 Å². The molecule has 128 valence electrons. The lowest BCUT2D eigenvalue weighted by Gasteiger charge is -2.31. The Hall–Kier alpha value is -2.23. The summed E-state index contributed by atoms with van der Waals surface area (Å²) in [5.41, 5.74) is 6.60. The lowest BCUT2D eigenvalue weighted by atomic mass is 10.0. The lowest BCUT2D eigenvalue weighted by Crippen LogP contribution is -2.26. The van der Waals surface area contributed by atoms with E-state index in [0.717, 1.165) is 30.8 Å². The first-order valence-corrected chi connectivity index (χ1v) is 9.49. The number of aryl methyl sites for hydroxylation is 1. The van der Waals surface area contributed by atoms with Crippen molar-refractivity contribution in [3.63, 3.8) is 0 Å². The van der Waals surface area contributed by atoms with Gasteiger partial charge in [-0.05, 0) is 62.8 Å². The van der Waals surface area contributed by atoms with E-state index in [4.69, 9.17) is 4.98 Å². The maximum atomic E-state index is 11.7. The molecule has 0 N–H and O–H groups in total. The van der Waals surface area contributed by atoms with Crippen LogP contribution in [0.2, 0.25) is 0 Å². The molecule has 2 aliphatic carbocycles. The summed E-state index contributed by atoms with van der Waals surface area (Å²) in [6, 6.07) is 8.52. The zero-order valence-electron chi connectivity index (χ0n) is 14.7. The van der Waals surface area contributed by atoms with Gasteiger partial charge in [-0.1, -0.05) is 0 Å². The maximum absolute atomic E-state index is 11.7. The Bertz CT molecular complexity index is 822. The molecule has 1 aliphatic heterocycles. The van der Waals surface area contributed by atoms with E-state index in [-0.39, 0.29) is 5.78 Å². The van der Waals surface area contributed by atoms with E-state index in [1.165, 1.54) is 42.8 Å². The molecular weight excluding hydrogens is 310 g/mol. The van der Waals surface area contributed by atoms with Gasteiger partial charge in [0.05, 0.1) is 11.4 Å². The molecular formula is C21H23N3O. The standard InChI is InChI=1S/C21H23N3O/c1-13(25)17-8-9-21-18(22-17)3-2-10-24(21)16-11-19(14-4-5-14)23-20(12-16)15-6-7-15/h8-9,11-12,14-15H,2-7,10H2,1H3. The highest BCUT2D eigenvalue weighted by atomic mass is 16.1. The number of aromatic nitrogens is 2. The highest BCUT2D eigenvalue weighted by Crippen LogP contribution is 2.45. The van der Waals surface area contributed by atoms with Gasteiger partial charge in [-0.25, -0.2) is 4.98 Å². The average Bonchev–Trinajstić information content (AvgIpc) is 3.52. The number of hydrogen-bond donors (Lipinski definition) is 0. The van der Waals surface area contributed by atoms with Crippen LogP contribution in [0.3, 0.4) is 0 Å². The molecule has 0 spiro atoms. The third-order valence-corrected chi connectivity index (χ3v) is 5.55. The zero-order chi connectivity index (χ0) is 17.0. The predicted molar refractivity (Wildman–Crippen MR) is 97.8 cm³/mol. The molecule has 2 saturated carbocycles. The van der Waals surface area contributed by atoms with Crippen LogP contribution in [0.25, 0.3) is 0 Å². The number of pyridine rings is 2. The average molecular weight is 333 g/mol. The Balaban J connectivity index is 1.57. The minimum Gasteiger partial charge on any atom is -0.340 e. The molecule has 5 rings (SSSR count). The van der Waals surface area contributed by atoms with E-state index < -0.39 is 0 Å². The van der Waals surface area contributed by atoms with E-state index >= 15 is 0 Å². The van der Waals surface area contributed by atoms with Crippen molar-refractivity contribution in [3.05, 3.63) is 47.0 Å². The second-order valence-corrected chi connectivity index (χ2v) is 7.70. The van der Waals surface area contributed by atoms with E-state index in [0.29, 0.717) is 17.5 Å². The highest BCUT2D eigenvalue weighted by molar-refractivity contribution is 5.92. The largest absolute Gasteiger partial charge is 0.340 e. The smallest absolute Gasteiger partial charge is 0.178 e. The van der Waals surface area contributed by atoms with Gasteiger partial charge < -0.3 is 4.90 Å². The van der Waals surface area contributed by atoms with Gasteiger partial charge in [0, 0.05) is 42.4 Å². The van der Waals surface area contributed by atoms with Crippen LogP contribution in [-0.2, 0) is 6.42 Å².